The van der Waals surface area contributed by atoms with E-state index >= 15 is 0 Å². The zero-order chi connectivity index (χ0) is 21.0. The van der Waals surface area contributed by atoms with Crippen molar-refractivity contribution >= 4 is 41.0 Å². The van der Waals surface area contributed by atoms with Crippen molar-refractivity contribution < 1.29 is 19.1 Å². The molecule has 2 aromatic rings. The van der Waals surface area contributed by atoms with E-state index < -0.39 is 5.97 Å². The van der Waals surface area contributed by atoms with Crippen LogP contribution in [0.2, 0.25) is 10.0 Å². The number of esters is 1. The number of piperidine rings is 1. The molecule has 0 spiro atoms. The van der Waals surface area contributed by atoms with Gasteiger partial charge in [0.15, 0.2) is 0 Å². The molecule has 3 rings (SSSR count). The molecule has 0 saturated carbocycles. The van der Waals surface area contributed by atoms with Crippen LogP contribution in [-0.4, -0.2) is 41.8 Å². The highest BCUT2D eigenvalue weighted by Crippen LogP contribution is 2.24. The van der Waals surface area contributed by atoms with Crippen molar-refractivity contribution in [3.05, 3.63) is 63.6 Å². The summed E-state index contributed by atoms with van der Waals surface area (Å²) in [5.74, 6) is -0.513. The number of hydrogen-bond acceptors (Lipinski definition) is 4. The number of likely N-dealkylation sites (tertiary alicyclic amines) is 1. The molecule has 6 nitrogen and oxygen atoms in total. The third-order valence-electron chi connectivity index (χ3n) is 4.64. The first-order valence-electron chi connectivity index (χ1n) is 9.17. The van der Waals surface area contributed by atoms with Crippen LogP contribution in [-0.2, 0) is 4.79 Å². The molecule has 1 aliphatic rings. The number of amides is 2. The maximum absolute atomic E-state index is 12.7. The lowest BCUT2D eigenvalue weighted by molar-refractivity contribution is -0.131. The Morgan fingerprint density at radius 1 is 1.07 bits per heavy atom. The van der Waals surface area contributed by atoms with Crippen molar-refractivity contribution in [2.75, 3.05) is 13.1 Å². The lowest BCUT2D eigenvalue weighted by Crippen LogP contribution is -2.46. The Kier molecular flexibility index (Phi) is 6.77. The van der Waals surface area contributed by atoms with Crippen LogP contribution in [0.4, 0.5) is 0 Å². The molecule has 0 aromatic heterocycles. The summed E-state index contributed by atoms with van der Waals surface area (Å²) in [6.45, 7) is 2.32. The third-order valence-corrected chi connectivity index (χ3v) is 5.18. The molecule has 0 atom stereocenters. The number of nitrogens with one attached hydrogen (secondary N) is 1. The predicted octanol–water partition coefficient (Wildman–Crippen LogP) is 3.95. The topological polar surface area (TPSA) is 75.7 Å². The second-order valence-electron chi connectivity index (χ2n) is 6.79. The molecule has 8 heteroatoms. The van der Waals surface area contributed by atoms with Crippen molar-refractivity contribution in [1.82, 2.24) is 10.2 Å². The second-order valence-corrected chi connectivity index (χ2v) is 7.63. The highest BCUT2D eigenvalue weighted by atomic mass is 35.5. The first kappa shape index (κ1) is 21.1. The molecule has 0 aliphatic carbocycles. The van der Waals surface area contributed by atoms with E-state index in [0.29, 0.717) is 52.9 Å². The van der Waals surface area contributed by atoms with E-state index in [1.807, 2.05) is 0 Å². The van der Waals surface area contributed by atoms with Gasteiger partial charge in [0.2, 0.25) is 0 Å². The molecule has 0 unspecified atom stereocenters. The van der Waals surface area contributed by atoms with Gasteiger partial charge >= 0.3 is 5.97 Å². The smallest absolute Gasteiger partial charge is 0.308 e. The summed E-state index contributed by atoms with van der Waals surface area (Å²) in [7, 11) is 0. The number of halogens is 2. The van der Waals surface area contributed by atoms with E-state index in [0.717, 1.165) is 0 Å². The minimum absolute atomic E-state index is 0.0513. The van der Waals surface area contributed by atoms with Crippen LogP contribution in [0.5, 0.6) is 5.75 Å². The van der Waals surface area contributed by atoms with Crippen LogP contribution in [0, 0.1) is 0 Å². The maximum atomic E-state index is 12.7. The zero-order valence-corrected chi connectivity index (χ0v) is 17.3. The minimum Gasteiger partial charge on any atom is -0.427 e. The van der Waals surface area contributed by atoms with Crippen molar-refractivity contribution in [3.63, 3.8) is 0 Å². The van der Waals surface area contributed by atoms with Gasteiger partial charge in [0, 0.05) is 36.6 Å². The molecular formula is C21H20Cl2N2O4. The fraction of sp³-hybridized carbons (Fsp3) is 0.286. The average Bonchev–Trinajstić information content (AvgIpc) is 2.68. The van der Waals surface area contributed by atoms with E-state index in [1.54, 1.807) is 41.3 Å². The lowest BCUT2D eigenvalue weighted by atomic mass is 10.0. The normalized spacial score (nSPS) is 14.4. The van der Waals surface area contributed by atoms with Gasteiger partial charge in [-0.25, -0.2) is 0 Å². The molecule has 1 aliphatic heterocycles. The van der Waals surface area contributed by atoms with E-state index in [4.69, 9.17) is 27.9 Å². The standard InChI is InChI=1S/C21H20Cl2N2O4/c1-13(26)29-17-4-2-3-14(11-17)20(27)24-16-7-9-25(10-8-16)21(28)18-6-5-15(22)12-19(18)23/h2-6,11-12,16H,7-10H2,1H3,(H,24,27). The Bertz CT molecular complexity index is 940. The molecule has 1 saturated heterocycles. The fourth-order valence-electron chi connectivity index (χ4n) is 3.20. The maximum Gasteiger partial charge on any atom is 0.308 e. The Morgan fingerprint density at radius 2 is 1.79 bits per heavy atom. The highest BCUT2D eigenvalue weighted by molar-refractivity contribution is 6.36. The molecule has 1 heterocycles. The van der Waals surface area contributed by atoms with Gasteiger partial charge < -0.3 is 15.0 Å². The lowest BCUT2D eigenvalue weighted by Gasteiger charge is -2.32. The van der Waals surface area contributed by atoms with Crippen LogP contribution in [0.25, 0.3) is 0 Å². The van der Waals surface area contributed by atoms with Gasteiger partial charge in [-0.2, -0.15) is 0 Å². The molecule has 29 heavy (non-hydrogen) atoms. The zero-order valence-electron chi connectivity index (χ0n) is 15.8. The van der Waals surface area contributed by atoms with Gasteiger partial charge in [0.1, 0.15) is 5.75 Å². The van der Waals surface area contributed by atoms with Crippen LogP contribution in [0.15, 0.2) is 42.5 Å². The highest BCUT2D eigenvalue weighted by Gasteiger charge is 2.26. The van der Waals surface area contributed by atoms with Gasteiger partial charge in [-0.05, 0) is 49.2 Å². The summed E-state index contributed by atoms with van der Waals surface area (Å²) in [6, 6.07) is 11.2. The summed E-state index contributed by atoms with van der Waals surface area (Å²) >= 11 is 12.0. The molecular weight excluding hydrogens is 415 g/mol. The van der Waals surface area contributed by atoms with E-state index in [2.05, 4.69) is 5.32 Å². The first-order chi connectivity index (χ1) is 13.8. The number of benzene rings is 2. The number of hydrogen-bond donors (Lipinski definition) is 1. The van der Waals surface area contributed by atoms with Crippen molar-refractivity contribution in [3.8, 4) is 5.75 Å². The molecule has 2 aromatic carbocycles. The monoisotopic (exact) mass is 434 g/mol. The van der Waals surface area contributed by atoms with Crippen molar-refractivity contribution in [2.24, 2.45) is 0 Å². The van der Waals surface area contributed by atoms with Crippen LogP contribution < -0.4 is 10.1 Å². The van der Waals surface area contributed by atoms with Crippen molar-refractivity contribution in [1.29, 1.82) is 0 Å². The Balaban J connectivity index is 1.56. The van der Waals surface area contributed by atoms with Crippen LogP contribution >= 0.6 is 23.2 Å². The predicted molar refractivity (Wildman–Crippen MR) is 111 cm³/mol. The number of rotatable bonds is 4. The van der Waals surface area contributed by atoms with Gasteiger partial charge in [-0.15, -0.1) is 0 Å². The van der Waals surface area contributed by atoms with E-state index in [1.165, 1.54) is 13.0 Å². The summed E-state index contributed by atoms with van der Waals surface area (Å²) in [5.41, 5.74) is 0.830. The van der Waals surface area contributed by atoms with Gasteiger partial charge in [-0.1, -0.05) is 29.3 Å². The first-order valence-corrected chi connectivity index (χ1v) is 9.93. The molecule has 152 valence electrons. The molecule has 0 radical (unpaired) electrons. The van der Waals surface area contributed by atoms with Gasteiger partial charge in [0.25, 0.3) is 11.8 Å². The summed E-state index contributed by atoms with van der Waals surface area (Å²) in [5, 5.41) is 3.78. The Labute approximate surface area is 178 Å². The second kappa shape index (κ2) is 9.29. The summed E-state index contributed by atoms with van der Waals surface area (Å²) < 4.78 is 5.01. The van der Waals surface area contributed by atoms with E-state index in [-0.39, 0.29) is 17.9 Å². The number of ether oxygens (including phenoxy) is 1. The van der Waals surface area contributed by atoms with Crippen molar-refractivity contribution in [2.45, 2.75) is 25.8 Å². The molecule has 1 N–H and O–H groups in total. The molecule has 2 amide bonds. The molecule has 0 bridgehead atoms. The third kappa shape index (κ3) is 5.49. The Morgan fingerprint density at radius 3 is 2.45 bits per heavy atom. The summed E-state index contributed by atoms with van der Waals surface area (Å²) in [6.07, 6.45) is 1.26. The van der Waals surface area contributed by atoms with Crippen LogP contribution in [0.1, 0.15) is 40.5 Å². The minimum atomic E-state index is -0.444. The summed E-state index contributed by atoms with van der Waals surface area (Å²) in [4.78, 5) is 38.0. The van der Waals surface area contributed by atoms with Gasteiger partial charge in [0.05, 0.1) is 10.6 Å². The van der Waals surface area contributed by atoms with E-state index in [9.17, 15) is 14.4 Å². The quantitative estimate of drug-likeness (QED) is 0.583. The number of carbonyl (C=O) groups excluding carboxylic acids is 3. The van der Waals surface area contributed by atoms with Crippen LogP contribution in [0.3, 0.4) is 0 Å². The van der Waals surface area contributed by atoms with Gasteiger partial charge in [-0.3, -0.25) is 14.4 Å². The Hall–Kier alpha value is -2.57. The number of carbonyl (C=O) groups is 3. The number of nitrogens with zero attached hydrogens (tertiary/aromatic N) is 1. The largest absolute Gasteiger partial charge is 0.427 e. The fourth-order valence-corrected chi connectivity index (χ4v) is 3.69. The SMILES string of the molecule is CC(=O)Oc1cccc(C(=O)NC2CCN(C(=O)c3ccc(Cl)cc3Cl)CC2)c1. The average molecular weight is 435 g/mol. The molecule has 1 fully saturated rings.